The number of aryl methyl sites for hydroxylation is 1. The summed E-state index contributed by atoms with van der Waals surface area (Å²) in [4.78, 5) is 0. The van der Waals surface area contributed by atoms with Gasteiger partial charge in [0.25, 0.3) is 0 Å². The molecule has 0 saturated carbocycles. The topological polar surface area (TPSA) is 51.8 Å². The zero-order valence-corrected chi connectivity index (χ0v) is 11.9. The van der Waals surface area contributed by atoms with Gasteiger partial charge < -0.3 is 5.73 Å². The molecule has 19 heavy (non-hydrogen) atoms. The van der Waals surface area contributed by atoms with E-state index in [1.165, 1.54) is 23.5 Å². The van der Waals surface area contributed by atoms with E-state index >= 15 is 0 Å². The Morgan fingerprint density at radius 1 is 1.37 bits per heavy atom. The molecule has 0 fully saturated rings. The van der Waals surface area contributed by atoms with Gasteiger partial charge in [-0.25, -0.2) is 4.39 Å². The summed E-state index contributed by atoms with van der Waals surface area (Å²) in [5, 5.41) is 8.89. The molecular formula is C13H12FN3S2. The first-order valence-corrected chi connectivity index (χ1v) is 7.39. The van der Waals surface area contributed by atoms with E-state index in [-0.39, 0.29) is 12.4 Å². The van der Waals surface area contributed by atoms with Crippen LogP contribution in [0.1, 0.15) is 16.1 Å². The lowest BCUT2D eigenvalue weighted by Crippen LogP contribution is -1.93. The van der Waals surface area contributed by atoms with Crippen molar-refractivity contribution in [2.75, 3.05) is 6.54 Å². The lowest BCUT2D eigenvalue weighted by atomic mass is 10.1. The fraction of sp³-hybridized carbons (Fsp3) is 0.231. The van der Waals surface area contributed by atoms with Crippen molar-refractivity contribution < 1.29 is 4.39 Å². The minimum atomic E-state index is -0.284. The van der Waals surface area contributed by atoms with Crippen molar-refractivity contribution in [3.8, 4) is 11.8 Å². The van der Waals surface area contributed by atoms with Crippen molar-refractivity contribution in [1.82, 2.24) is 10.2 Å². The molecule has 1 heterocycles. The van der Waals surface area contributed by atoms with Crippen LogP contribution >= 0.6 is 23.1 Å². The van der Waals surface area contributed by atoms with Gasteiger partial charge in [-0.1, -0.05) is 34.9 Å². The van der Waals surface area contributed by atoms with Gasteiger partial charge in [0, 0.05) is 11.3 Å². The van der Waals surface area contributed by atoms with Crippen molar-refractivity contribution in [2.24, 2.45) is 5.73 Å². The molecule has 1 aromatic heterocycles. The lowest BCUT2D eigenvalue weighted by Gasteiger charge is -2.01. The van der Waals surface area contributed by atoms with Gasteiger partial charge in [-0.2, -0.15) is 0 Å². The number of hydrogen-bond acceptors (Lipinski definition) is 5. The Hall–Kier alpha value is -1.42. The second-order valence-corrected chi connectivity index (χ2v) is 6.13. The maximum Gasteiger partial charge on any atom is 0.174 e. The number of benzene rings is 1. The first-order chi connectivity index (χ1) is 9.17. The zero-order valence-electron chi connectivity index (χ0n) is 10.3. The Labute approximate surface area is 119 Å². The minimum absolute atomic E-state index is 0.269. The predicted octanol–water partition coefficient (Wildman–Crippen LogP) is 2.59. The molecule has 98 valence electrons. The summed E-state index contributed by atoms with van der Waals surface area (Å²) in [6, 6.07) is 4.78. The fourth-order valence-electron chi connectivity index (χ4n) is 1.44. The standard InChI is InChI=1S/C13H12FN3S2/c1-9-16-17-13(19-9)18-8-11-5-10(3-2-4-15)6-12(14)7-11/h5-7H,4,8,15H2,1H3. The van der Waals surface area contributed by atoms with Crippen LogP contribution in [0.2, 0.25) is 0 Å². The van der Waals surface area contributed by atoms with Crippen molar-refractivity contribution in [3.05, 3.63) is 40.2 Å². The van der Waals surface area contributed by atoms with Crippen molar-refractivity contribution in [3.63, 3.8) is 0 Å². The van der Waals surface area contributed by atoms with E-state index < -0.39 is 0 Å². The van der Waals surface area contributed by atoms with Gasteiger partial charge in [-0.15, -0.1) is 10.2 Å². The van der Waals surface area contributed by atoms with Crippen molar-refractivity contribution in [2.45, 2.75) is 17.0 Å². The molecular weight excluding hydrogens is 281 g/mol. The first-order valence-electron chi connectivity index (χ1n) is 5.58. The van der Waals surface area contributed by atoms with Gasteiger partial charge in [-0.05, 0) is 30.7 Å². The van der Waals surface area contributed by atoms with Crippen LogP contribution < -0.4 is 5.73 Å². The summed E-state index contributed by atoms with van der Waals surface area (Å²) in [7, 11) is 0. The molecule has 6 heteroatoms. The van der Waals surface area contributed by atoms with E-state index in [2.05, 4.69) is 22.0 Å². The highest BCUT2D eigenvalue weighted by molar-refractivity contribution is 8.00. The summed E-state index contributed by atoms with van der Waals surface area (Å²) in [5.74, 6) is 5.92. The molecule has 0 aliphatic carbocycles. The smallest absolute Gasteiger partial charge is 0.174 e. The Morgan fingerprint density at radius 3 is 2.89 bits per heavy atom. The summed E-state index contributed by atoms with van der Waals surface area (Å²) < 4.78 is 14.3. The maximum absolute atomic E-state index is 13.5. The number of nitrogens with two attached hydrogens (primary N) is 1. The van der Waals surface area contributed by atoms with Crippen LogP contribution in [0, 0.1) is 24.6 Å². The van der Waals surface area contributed by atoms with E-state index in [4.69, 9.17) is 5.73 Å². The molecule has 0 saturated heterocycles. The van der Waals surface area contributed by atoms with Gasteiger partial charge in [0.15, 0.2) is 4.34 Å². The highest BCUT2D eigenvalue weighted by atomic mass is 32.2. The van der Waals surface area contributed by atoms with Crippen LogP contribution in [0.5, 0.6) is 0 Å². The quantitative estimate of drug-likeness (QED) is 0.698. The van der Waals surface area contributed by atoms with E-state index in [1.54, 1.807) is 11.8 Å². The Balaban J connectivity index is 2.09. The van der Waals surface area contributed by atoms with Crippen LogP contribution in [0.4, 0.5) is 4.39 Å². The van der Waals surface area contributed by atoms with Crippen molar-refractivity contribution in [1.29, 1.82) is 0 Å². The van der Waals surface area contributed by atoms with Gasteiger partial charge in [0.05, 0.1) is 6.54 Å². The van der Waals surface area contributed by atoms with Crippen LogP contribution in [0.15, 0.2) is 22.5 Å². The van der Waals surface area contributed by atoms with Crippen LogP contribution in [-0.4, -0.2) is 16.7 Å². The molecule has 2 N–H and O–H groups in total. The van der Waals surface area contributed by atoms with Crippen LogP contribution in [0.25, 0.3) is 0 Å². The summed E-state index contributed by atoms with van der Waals surface area (Å²) in [6.45, 7) is 2.18. The summed E-state index contributed by atoms with van der Waals surface area (Å²) in [5.41, 5.74) is 6.83. The van der Waals surface area contributed by atoms with Crippen LogP contribution in [0.3, 0.4) is 0 Å². The van der Waals surface area contributed by atoms with Gasteiger partial charge in [0.1, 0.15) is 10.8 Å². The molecule has 0 atom stereocenters. The third-order valence-electron chi connectivity index (χ3n) is 2.16. The maximum atomic E-state index is 13.5. The highest BCUT2D eigenvalue weighted by Crippen LogP contribution is 2.26. The molecule has 0 aliphatic heterocycles. The highest BCUT2D eigenvalue weighted by Gasteiger charge is 2.04. The number of nitrogens with zero attached hydrogens (tertiary/aromatic N) is 2. The molecule has 2 rings (SSSR count). The Morgan fingerprint density at radius 2 is 2.21 bits per heavy atom. The first kappa shape index (κ1) is 14.0. The number of thioether (sulfide) groups is 1. The molecule has 0 aliphatic rings. The average molecular weight is 293 g/mol. The average Bonchev–Trinajstić information content (AvgIpc) is 2.79. The molecule has 0 radical (unpaired) electrons. The zero-order chi connectivity index (χ0) is 13.7. The van der Waals surface area contributed by atoms with E-state index in [0.717, 1.165) is 14.9 Å². The minimum Gasteiger partial charge on any atom is -0.320 e. The number of rotatable bonds is 3. The number of hydrogen-bond donors (Lipinski definition) is 1. The normalized spacial score (nSPS) is 10.1. The monoisotopic (exact) mass is 293 g/mol. The molecule has 1 aromatic carbocycles. The Bertz CT molecular complexity index is 628. The van der Waals surface area contributed by atoms with Gasteiger partial charge >= 0.3 is 0 Å². The van der Waals surface area contributed by atoms with E-state index in [0.29, 0.717) is 11.3 Å². The number of aromatic nitrogens is 2. The second kappa shape index (κ2) is 6.66. The number of halogens is 1. The van der Waals surface area contributed by atoms with Gasteiger partial charge in [0.2, 0.25) is 0 Å². The van der Waals surface area contributed by atoms with E-state index in [1.807, 2.05) is 13.0 Å². The third-order valence-corrected chi connectivity index (χ3v) is 4.21. The molecule has 0 amide bonds. The van der Waals surface area contributed by atoms with Crippen molar-refractivity contribution >= 4 is 23.1 Å². The van der Waals surface area contributed by atoms with E-state index in [9.17, 15) is 4.39 Å². The molecule has 3 nitrogen and oxygen atoms in total. The summed E-state index contributed by atoms with van der Waals surface area (Å²) in [6.07, 6.45) is 0. The lowest BCUT2D eigenvalue weighted by molar-refractivity contribution is 0.626. The third kappa shape index (κ3) is 4.31. The second-order valence-electron chi connectivity index (χ2n) is 3.73. The van der Waals surface area contributed by atoms with Gasteiger partial charge in [-0.3, -0.25) is 0 Å². The molecule has 0 bridgehead atoms. The summed E-state index contributed by atoms with van der Waals surface area (Å²) >= 11 is 3.07. The van der Waals surface area contributed by atoms with Crippen LogP contribution in [-0.2, 0) is 5.75 Å². The SMILES string of the molecule is Cc1nnc(SCc2cc(F)cc(C#CCN)c2)s1. The predicted molar refractivity (Wildman–Crippen MR) is 76.5 cm³/mol. The molecule has 0 spiro atoms. The molecule has 0 unspecified atom stereocenters. The largest absolute Gasteiger partial charge is 0.320 e. The Kier molecular flexibility index (Phi) is 4.91. The molecule has 2 aromatic rings. The fourth-order valence-corrected chi connectivity index (χ4v) is 3.19.